The monoisotopic (exact) mass is 233 g/mol. The zero-order valence-electron chi connectivity index (χ0n) is 10.2. The average Bonchev–Trinajstić information content (AvgIpc) is 2.54. The normalized spacial score (nSPS) is 28.2. The molecule has 1 amide bonds. The minimum Gasteiger partial charge on any atom is -0.489 e. The molecule has 2 aliphatic heterocycles. The number of nitrogens with one attached hydrogen (secondary N) is 1. The highest BCUT2D eigenvalue weighted by Gasteiger charge is 2.35. The predicted octanol–water partition coefficient (Wildman–Crippen LogP) is 1.60. The van der Waals surface area contributed by atoms with Gasteiger partial charge in [0.2, 0.25) is 5.78 Å². The highest BCUT2D eigenvalue weighted by Crippen LogP contribution is 2.25. The van der Waals surface area contributed by atoms with Gasteiger partial charge in [0.1, 0.15) is 11.3 Å². The van der Waals surface area contributed by atoms with Crippen LogP contribution < -0.4 is 5.32 Å². The van der Waals surface area contributed by atoms with Gasteiger partial charge in [0.05, 0.1) is 11.8 Å². The van der Waals surface area contributed by atoms with Crippen molar-refractivity contribution in [3.63, 3.8) is 0 Å². The fraction of sp³-hybridized carbons (Fsp3) is 0.385. The summed E-state index contributed by atoms with van der Waals surface area (Å²) >= 11 is 0. The van der Waals surface area contributed by atoms with Crippen molar-refractivity contribution < 1.29 is 14.3 Å². The summed E-state index contributed by atoms with van der Waals surface area (Å²) in [6.07, 6.45) is 4.40. The molecule has 4 nitrogen and oxygen atoms in total. The van der Waals surface area contributed by atoms with Crippen LogP contribution in [0.3, 0.4) is 0 Å². The van der Waals surface area contributed by atoms with Gasteiger partial charge in [-0.1, -0.05) is 6.08 Å². The van der Waals surface area contributed by atoms with Gasteiger partial charge in [-0.15, -0.1) is 0 Å². The van der Waals surface area contributed by atoms with E-state index in [4.69, 9.17) is 4.74 Å². The van der Waals surface area contributed by atoms with E-state index in [0.29, 0.717) is 11.5 Å². The molecule has 17 heavy (non-hydrogen) atoms. The van der Waals surface area contributed by atoms with Gasteiger partial charge in [-0.3, -0.25) is 9.59 Å². The van der Waals surface area contributed by atoms with Crippen LogP contribution in [-0.4, -0.2) is 17.8 Å². The van der Waals surface area contributed by atoms with Crippen LogP contribution >= 0.6 is 0 Å². The van der Waals surface area contributed by atoms with Gasteiger partial charge in [-0.25, -0.2) is 0 Å². The van der Waals surface area contributed by atoms with E-state index >= 15 is 0 Å². The Morgan fingerprint density at radius 1 is 1.41 bits per heavy atom. The topological polar surface area (TPSA) is 55.4 Å². The van der Waals surface area contributed by atoms with E-state index in [-0.39, 0.29) is 23.4 Å². The lowest BCUT2D eigenvalue weighted by Gasteiger charge is -2.18. The number of ether oxygens (including phenoxy) is 1. The molecule has 90 valence electrons. The van der Waals surface area contributed by atoms with Gasteiger partial charge in [-0.05, 0) is 32.4 Å². The third kappa shape index (κ3) is 2.02. The lowest BCUT2D eigenvalue weighted by atomic mass is 10.1. The molecule has 1 saturated heterocycles. The van der Waals surface area contributed by atoms with E-state index in [1.165, 1.54) is 0 Å². The molecular formula is C13H15NO3. The number of carbonyl (C=O) groups excluding carboxylic acids is 2. The molecule has 2 rings (SSSR count). The Bertz CT molecular complexity index is 479. The number of Topliss-reactive ketones (excluding diaryl/α,β-unsaturated/α-hetero) is 1. The van der Waals surface area contributed by atoms with Gasteiger partial charge in [0.25, 0.3) is 5.91 Å². The van der Waals surface area contributed by atoms with Crippen molar-refractivity contribution in [2.45, 2.75) is 33.3 Å². The SMILES string of the molecule is CC(C)=C1NC(=O)/C(=C2\C=CCC(C)O2)C1=O. The first-order valence-electron chi connectivity index (χ1n) is 5.61. The molecule has 0 radical (unpaired) electrons. The number of rotatable bonds is 0. The van der Waals surface area contributed by atoms with E-state index < -0.39 is 0 Å². The van der Waals surface area contributed by atoms with E-state index in [1.54, 1.807) is 19.9 Å². The minimum absolute atomic E-state index is 0.00106. The molecular weight excluding hydrogens is 218 g/mol. The quantitative estimate of drug-likeness (QED) is 0.510. The molecule has 2 heterocycles. The summed E-state index contributed by atoms with van der Waals surface area (Å²) in [5, 5.41) is 2.58. The molecule has 1 N–H and O–H groups in total. The molecule has 2 aliphatic rings. The number of hydrogen-bond donors (Lipinski definition) is 1. The zero-order chi connectivity index (χ0) is 12.6. The first-order valence-corrected chi connectivity index (χ1v) is 5.61. The van der Waals surface area contributed by atoms with Crippen molar-refractivity contribution in [2.24, 2.45) is 0 Å². The minimum atomic E-state index is -0.375. The van der Waals surface area contributed by atoms with Gasteiger partial charge in [-0.2, -0.15) is 0 Å². The highest BCUT2D eigenvalue weighted by atomic mass is 16.5. The fourth-order valence-electron chi connectivity index (χ4n) is 1.85. The summed E-state index contributed by atoms with van der Waals surface area (Å²) in [5.41, 5.74) is 1.28. The summed E-state index contributed by atoms with van der Waals surface area (Å²) in [6.45, 7) is 5.49. The van der Waals surface area contributed by atoms with E-state index in [9.17, 15) is 9.59 Å². The molecule has 0 aromatic rings. The molecule has 0 aromatic heterocycles. The lowest BCUT2D eigenvalue weighted by Crippen LogP contribution is -2.17. The van der Waals surface area contributed by atoms with Crippen molar-refractivity contribution in [1.29, 1.82) is 0 Å². The molecule has 0 aliphatic carbocycles. The van der Waals surface area contributed by atoms with E-state index in [0.717, 1.165) is 12.0 Å². The summed E-state index contributed by atoms with van der Waals surface area (Å²) in [4.78, 5) is 23.8. The van der Waals surface area contributed by atoms with Crippen LogP contribution in [0.2, 0.25) is 0 Å². The maximum Gasteiger partial charge on any atom is 0.263 e. The van der Waals surface area contributed by atoms with Crippen molar-refractivity contribution in [1.82, 2.24) is 5.32 Å². The Morgan fingerprint density at radius 3 is 2.65 bits per heavy atom. The number of carbonyl (C=O) groups is 2. The van der Waals surface area contributed by atoms with E-state index in [2.05, 4.69) is 5.32 Å². The number of hydrogen-bond acceptors (Lipinski definition) is 3. The Hall–Kier alpha value is -1.84. The van der Waals surface area contributed by atoms with Crippen molar-refractivity contribution >= 4 is 11.7 Å². The smallest absolute Gasteiger partial charge is 0.263 e. The van der Waals surface area contributed by atoms with Crippen molar-refractivity contribution in [2.75, 3.05) is 0 Å². The summed E-state index contributed by atoms with van der Waals surface area (Å²) in [7, 11) is 0. The van der Waals surface area contributed by atoms with Crippen LogP contribution in [0.4, 0.5) is 0 Å². The Morgan fingerprint density at radius 2 is 2.12 bits per heavy atom. The van der Waals surface area contributed by atoms with Gasteiger partial charge >= 0.3 is 0 Å². The van der Waals surface area contributed by atoms with Crippen LogP contribution in [0, 0.1) is 0 Å². The summed E-state index contributed by atoms with van der Waals surface area (Å²) < 4.78 is 5.53. The van der Waals surface area contributed by atoms with Crippen LogP contribution in [0.25, 0.3) is 0 Å². The van der Waals surface area contributed by atoms with Crippen LogP contribution in [-0.2, 0) is 14.3 Å². The highest BCUT2D eigenvalue weighted by molar-refractivity contribution is 6.32. The Labute approximate surface area is 100 Å². The van der Waals surface area contributed by atoms with Crippen LogP contribution in [0.15, 0.2) is 34.8 Å². The molecule has 0 aromatic carbocycles. The first kappa shape index (κ1) is 11.6. The van der Waals surface area contributed by atoms with Crippen LogP contribution in [0.1, 0.15) is 27.2 Å². The number of allylic oxidation sites excluding steroid dienone is 3. The van der Waals surface area contributed by atoms with Crippen molar-refractivity contribution in [3.8, 4) is 0 Å². The second kappa shape index (κ2) is 4.20. The molecule has 1 atom stereocenters. The Kier molecular flexibility index (Phi) is 2.88. The van der Waals surface area contributed by atoms with E-state index in [1.807, 2.05) is 13.0 Å². The fourth-order valence-corrected chi connectivity index (χ4v) is 1.85. The predicted molar refractivity (Wildman–Crippen MR) is 62.9 cm³/mol. The first-order chi connectivity index (χ1) is 8.00. The summed E-state index contributed by atoms with van der Waals surface area (Å²) in [6, 6.07) is 0. The molecule has 0 saturated carbocycles. The number of amides is 1. The van der Waals surface area contributed by atoms with Crippen molar-refractivity contribution in [3.05, 3.63) is 34.8 Å². The zero-order valence-corrected chi connectivity index (χ0v) is 10.2. The summed E-state index contributed by atoms with van der Waals surface area (Å²) in [5.74, 6) is -0.272. The Balaban J connectivity index is 2.47. The third-order valence-corrected chi connectivity index (χ3v) is 2.73. The third-order valence-electron chi connectivity index (χ3n) is 2.73. The molecule has 1 fully saturated rings. The van der Waals surface area contributed by atoms with Crippen LogP contribution in [0.5, 0.6) is 0 Å². The molecule has 1 unspecified atom stereocenters. The second-order valence-electron chi connectivity index (χ2n) is 4.46. The molecule has 0 spiro atoms. The molecule has 0 bridgehead atoms. The average molecular weight is 233 g/mol. The standard InChI is InChI=1S/C13H15NO3/c1-7(2)11-12(15)10(13(16)14-11)9-6-4-5-8(3)17-9/h4,6,8H,5H2,1-3H3,(H,14,16)/b10-9+. The number of ketones is 1. The molecule has 4 heteroatoms. The largest absolute Gasteiger partial charge is 0.489 e. The van der Waals surface area contributed by atoms with Gasteiger partial charge in [0, 0.05) is 6.42 Å². The lowest BCUT2D eigenvalue weighted by molar-refractivity contribution is -0.117. The van der Waals surface area contributed by atoms with Gasteiger partial charge < -0.3 is 10.1 Å². The van der Waals surface area contributed by atoms with Gasteiger partial charge in [0.15, 0.2) is 0 Å². The maximum atomic E-state index is 12.1. The maximum absolute atomic E-state index is 12.1. The second-order valence-corrected chi connectivity index (χ2v) is 4.46.